The van der Waals surface area contributed by atoms with Crippen molar-refractivity contribution in [3.8, 4) is 0 Å². The van der Waals surface area contributed by atoms with Crippen LogP contribution in [0.5, 0.6) is 0 Å². The van der Waals surface area contributed by atoms with Crippen molar-refractivity contribution in [1.82, 2.24) is 15.1 Å². The maximum Gasteiger partial charge on any atom is 0.00106 e. The Morgan fingerprint density at radius 2 is 1.45 bits per heavy atom. The van der Waals surface area contributed by atoms with Crippen LogP contribution in [0.2, 0.25) is 0 Å². The van der Waals surface area contributed by atoms with Crippen LogP contribution in [0.15, 0.2) is 0 Å². The van der Waals surface area contributed by atoms with Crippen LogP contribution >= 0.6 is 0 Å². The number of hydrogen-bond donors (Lipinski definition) is 1. The summed E-state index contributed by atoms with van der Waals surface area (Å²) < 4.78 is 0. The lowest BCUT2D eigenvalue weighted by Crippen LogP contribution is -2.39. The normalized spacial score (nSPS) is 28.2. The molecule has 0 saturated carbocycles. The third-order valence-corrected chi connectivity index (χ3v) is 5.73. The van der Waals surface area contributed by atoms with Crippen molar-refractivity contribution in [2.24, 2.45) is 11.8 Å². The number of nitrogens with one attached hydrogen (secondary N) is 1. The van der Waals surface area contributed by atoms with E-state index in [4.69, 9.17) is 0 Å². The summed E-state index contributed by atoms with van der Waals surface area (Å²) in [6.45, 7) is 10.7. The number of rotatable bonds is 5. The van der Waals surface area contributed by atoms with Gasteiger partial charge in [0.1, 0.15) is 0 Å². The van der Waals surface area contributed by atoms with Gasteiger partial charge >= 0.3 is 0 Å². The monoisotopic (exact) mass is 279 g/mol. The first-order valence-corrected chi connectivity index (χ1v) is 9.05. The summed E-state index contributed by atoms with van der Waals surface area (Å²) in [6.07, 6.45) is 10.0. The average Bonchev–Trinajstić information content (AvgIpc) is 3.01. The number of likely N-dealkylation sites (tertiary alicyclic amines) is 2. The maximum absolute atomic E-state index is 3.47. The Labute approximate surface area is 125 Å². The molecule has 0 aromatic rings. The first kappa shape index (κ1) is 14.8. The summed E-state index contributed by atoms with van der Waals surface area (Å²) in [7, 11) is 0. The summed E-state index contributed by atoms with van der Waals surface area (Å²) in [5, 5.41) is 3.47. The van der Waals surface area contributed by atoms with Gasteiger partial charge in [-0.1, -0.05) is 0 Å². The van der Waals surface area contributed by atoms with E-state index in [1.807, 2.05) is 0 Å². The Balaban J connectivity index is 1.29. The summed E-state index contributed by atoms with van der Waals surface area (Å²) >= 11 is 0. The number of nitrogens with zero attached hydrogens (tertiary/aromatic N) is 2. The Kier molecular flexibility index (Phi) is 5.75. The van der Waals surface area contributed by atoms with Crippen LogP contribution < -0.4 is 5.32 Å². The zero-order valence-corrected chi connectivity index (χ0v) is 13.2. The molecule has 3 fully saturated rings. The molecule has 0 aromatic heterocycles. The van der Waals surface area contributed by atoms with Crippen molar-refractivity contribution in [3.63, 3.8) is 0 Å². The number of piperidine rings is 2. The Morgan fingerprint density at radius 3 is 2.15 bits per heavy atom. The second-order valence-electron chi connectivity index (χ2n) is 7.27. The van der Waals surface area contributed by atoms with Gasteiger partial charge < -0.3 is 15.1 Å². The van der Waals surface area contributed by atoms with Gasteiger partial charge in [0.05, 0.1) is 0 Å². The van der Waals surface area contributed by atoms with Crippen LogP contribution in [0.3, 0.4) is 0 Å². The van der Waals surface area contributed by atoms with E-state index in [2.05, 4.69) is 15.1 Å². The van der Waals surface area contributed by atoms with Crippen molar-refractivity contribution in [3.05, 3.63) is 0 Å². The predicted molar refractivity (Wildman–Crippen MR) is 85.0 cm³/mol. The van der Waals surface area contributed by atoms with E-state index < -0.39 is 0 Å². The Hall–Kier alpha value is -0.120. The molecule has 0 amide bonds. The van der Waals surface area contributed by atoms with Crippen LogP contribution in [0.25, 0.3) is 0 Å². The molecule has 0 atom stereocenters. The van der Waals surface area contributed by atoms with Crippen LogP contribution in [0.4, 0.5) is 0 Å². The fraction of sp³-hybridized carbons (Fsp3) is 1.00. The molecule has 0 aliphatic carbocycles. The van der Waals surface area contributed by atoms with Crippen molar-refractivity contribution in [1.29, 1.82) is 0 Å². The lowest BCUT2D eigenvalue weighted by Gasteiger charge is -2.35. The second-order valence-corrected chi connectivity index (χ2v) is 7.27. The first-order valence-electron chi connectivity index (χ1n) is 9.05. The Morgan fingerprint density at radius 1 is 0.750 bits per heavy atom. The van der Waals surface area contributed by atoms with E-state index in [9.17, 15) is 0 Å². The zero-order chi connectivity index (χ0) is 13.6. The summed E-state index contributed by atoms with van der Waals surface area (Å²) in [5.41, 5.74) is 0. The molecule has 0 unspecified atom stereocenters. The molecule has 3 heterocycles. The first-order chi connectivity index (χ1) is 9.90. The van der Waals surface area contributed by atoms with Gasteiger partial charge in [0, 0.05) is 6.54 Å². The van der Waals surface area contributed by atoms with Gasteiger partial charge in [-0.2, -0.15) is 0 Å². The molecule has 0 aromatic carbocycles. The summed E-state index contributed by atoms with van der Waals surface area (Å²) in [5.74, 6) is 1.99. The molecule has 3 nitrogen and oxygen atoms in total. The molecule has 0 bridgehead atoms. The minimum absolute atomic E-state index is 0.989. The molecule has 116 valence electrons. The topological polar surface area (TPSA) is 18.5 Å². The van der Waals surface area contributed by atoms with E-state index in [1.165, 1.54) is 97.3 Å². The smallest absolute Gasteiger partial charge is 0.00106 e. The molecular formula is C17H33N3. The lowest BCUT2D eigenvalue weighted by atomic mass is 9.92. The third kappa shape index (κ3) is 4.44. The van der Waals surface area contributed by atoms with Gasteiger partial charge in [-0.15, -0.1) is 0 Å². The molecule has 1 N–H and O–H groups in total. The van der Waals surface area contributed by atoms with E-state index in [0.717, 1.165) is 11.8 Å². The molecule has 20 heavy (non-hydrogen) atoms. The van der Waals surface area contributed by atoms with Gasteiger partial charge in [0.25, 0.3) is 0 Å². The fourth-order valence-corrected chi connectivity index (χ4v) is 4.26. The molecule has 3 aliphatic heterocycles. The fourth-order valence-electron chi connectivity index (χ4n) is 4.26. The van der Waals surface area contributed by atoms with Crippen LogP contribution in [-0.2, 0) is 0 Å². The number of hydrogen-bond acceptors (Lipinski definition) is 3. The second kappa shape index (κ2) is 7.77. The van der Waals surface area contributed by atoms with Crippen molar-refractivity contribution < 1.29 is 0 Å². The van der Waals surface area contributed by atoms with Gasteiger partial charge in [-0.25, -0.2) is 0 Å². The van der Waals surface area contributed by atoms with Crippen molar-refractivity contribution in [2.75, 3.05) is 52.4 Å². The van der Waals surface area contributed by atoms with E-state index in [0.29, 0.717) is 0 Å². The third-order valence-electron chi connectivity index (χ3n) is 5.73. The maximum atomic E-state index is 3.47. The molecule has 3 rings (SSSR count). The van der Waals surface area contributed by atoms with Gasteiger partial charge in [0.2, 0.25) is 0 Å². The molecular weight excluding hydrogens is 246 g/mol. The summed E-state index contributed by atoms with van der Waals surface area (Å²) in [4.78, 5) is 5.44. The van der Waals surface area contributed by atoms with Crippen LogP contribution in [-0.4, -0.2) is 62.2 Å². The predicted octanol–water partition coefficient (Wildman–Crippen LogP) is 2.18. The highest BCUT2D eigenvalue weighted by atomic mass is 15.2. The molecule has 0 spiro atoms. The SMILES string of the molecule is C1CCN(CC2CCN(CCC3CCNCC3)CC2)C1. The van der Waals surface area contributed by atoms with Crippen molar-refractivity contribution >= 4 is 0 Å². The highest BCUT2D eigenvalue weighted by Gasteiger charge is 2.23. The zero-order valence-electron chi connectivity index (χ0n) is 13.2. The van der Waals surface area contributed by atoms with E-state index in [-0.39, 0.29) is 0 Å². The van der Waals surface area contributed by atoms with E-state index in [1.54, 1.807) is 0 Å². The minimum atomic E-state index is 0.989. The average molecular weight is 279 g/mol. The molecule has 3 aliphatic rings. The summed E-state index contributed by atoms with van der Waals surface area (Å²) in [6, 6.07) is 0. The van der Waals surface area contributed by atoms with Crippen LogP contribution in [0, 0.1) is 11.8 Å². The van der Waals surface area contributed by atoms with Gasteiger partial charge in [-0.05, 0) is 103 Å². The molecule has 3 saturated heterocycles. The van der Waals surface area contributed by atoms with Crippen LogP contribution in [0.1, 0.15) is 44.9 Å². The van der Waals surface area contributed by atoms with E-state index >= 15 is 0 Å². The quantitative estimate of drug-likeness (QED) is 0.832. The van der Waals surface area contributed by atoms with Gasteiger partial charge in [0.15, 0.2) is 0 Å². The largest absolute Gasteiger partial charge is 0.317 e. The standard InChI is InChI=1S/C17H33N3/c1-2-11-20(10-1)15-17-6-13-19(14-7-17)12-5-16-3-8-18-9-4-16/h16-18H,1-15H2. The Bertz CT molecular complexity index is 261. The minimum Gasteiger partial charge on any atom is -0.317 e. The van der Waals surface area contributed by atoms with Gasteiger partial charge in [-0.3, -0.25) is 0 Å². The van der Waals surface area contributed by atoms with Crippen molar-refractivity contribution in [2.45, 2.75) is 44.9 Å². The lowest BCUT2D eigenvalue weighted by molar-refractivity contribution is 0.144. The molecule has 0 radical (unpaired) electrons. The highest BCUT2D eigenvalue weighted by Crippen LogP contribution is 2.22. The molecule has 3 heteroatoms. The highest BCUT2D eigenvalue weighted by molar-refractivity contribution is 4.78.